The van der Waals surface area contributed by atoms with Gasteiger partial charge in [-0.2, -0.15) is 0 Å². The molecular formula is C39H45BrCl2N2O6P+. The van der Waals surface area contributed by atoms with Gasteiger partial charge in [-0.15, -0.1) is 17.0 Å². The minimum Gasteiger partial charge on any atom is -0.455 e. The Morgan fingerprint density at radius 2 is 1.18 bits per heavy atom. The summed E-state index contributed by atoms with van der Waals surface area (Å²) in [5.41, 5.74) is 0.233. The van der Waals surface area contributed by atoms with E-state index < -0.39 is 47.7 Å². The summed E-state index contributed by atoms with van der Waals surface area (Å²) in [6.07, 6.45) is 7.01. The molecule has 4 aromatic rings. The fraction of sp³-hybridized carbons (Fsp3) is 0.333. The van der Waals surface area contributed by atoms with E-state index in [-0.39, 0.29) is 29.1 Å². The third-order valence-corrected chi connectivity index (χ3v) is 13.7. The number of aliphatic hydroxyl groups excluding tert-OH is 1. The van der Waals surface area contributed by atoms with Crippen LogP contribution in [0.4, 0.5) is 5.69 Å². The minimum absolute atomic E-state index is 0. The highest BCUT2D eigenvalue weighted by Gasteiger charge is 2.44. The molecule has 0 aliphatic rings. The summed E-state index contributed by atoms with van der Waals surface area (Å²) < 4.78 is 5.70. The number of unbranched alkanes of at least 4 members (excludes halogenated alkanes) is 6. The molecular weight excluding hydrogens is 774 g/mol. The summed E-state index contributed by atoms with van der Waals surface area (Å²) in [5, 5.41) is 27.8. The van der Waals surface area contributed by atoms with Crippen molar-refractivity contribution in [3.63, 3.8) is 0 Å². The Kier molecular flexibility index (Phi) is 18.1. The summed E-state index contributed by atoms with van der Waals surface area (Å²) in [4.78, 5) is 34.2. The number of non-ortho nitro benzene ring substituents is 1. The topological polar surface area (TPSA) is 119 Å². The number of rotatable bonds is 20. The highest BCUT2D eigenvalue weighted by atomic mass is 79.9. The smallest absolute Gasteiger partial charge is 0.306 e. The standard InChI is InChI=1S/C39H43Cl2N2O6P.BrH/c40-38(41)39(46)42-35(29-44)37(30-24-26-31(27-25-30)43(47)48)49-36(45)23-15-4-2-1-3-5-16-28-50(32-17-9-6-10-18-32,33-19-11-7-12-20-33)34-21-13-8-14-22-34;/h6-14,17-22,24-27,35,37-38,44H,1-5,15-16,23,28-29H2;1H/p+1/t35-,37+;/m0./s1. The Bertz CT molecular complexity index is 1540. The SMILES string of the molecule is Br.O=C(CCCCCCCCC[P+](c1ccccc1)(c1ccccc1)c1ccccc1)O[C@H](c1ccc([N+](=O)[O-])cc1)[C@H](CO)NC(=O)C(Cl)Cl. The van der Waals surface area contributed by atoms with Crippen LogP contribution in [0.25, 0.3) is 0 Å². The Balaban J connectivity index is 0.00000702. The lowest BCUT2D eigenvalue weighted by Gasteiger charge is -2.27. The molecule has 0 fully saturated rings. The number of carbonyl (C=O) groups is 2. The number of halogens is 3. The normalized spacial score (nSPS) is 12.4. The van der Waals surface area contributed by atoms with Crippen LogP contribution in [0, 0.1) is 10.1 Å². The Morgan fingerprint density at radius 3 is 1.61 bits per heavy atom. The number of nitrogens with zero attached hydrogens (tertiary/aromatic N) is 1. The van der Waals surface area contributed by atoms with Crippen LogP contribution >= 0.6 is 47.4 Å². The number of ether oxygens (including phenoxy) is 1. The van der Waals surface area contributed by atoms with E-state index in [1.165, 1.54) is 40.2 Å². The van der Waals surface area contributed by atoms with Crippen molar-refractivity contribution in [2.24, 2.45) is 0 Å². The van der Waals surface area contributed by atoms with Crippen molar-refractivity contribution in [2.75, 3.05) is 12.8 Å². The van der Waals surface area contributed by atoms with Gasteiger partial charge in [0, 0.05) is 18.6 Å². The zero-order chi connectivity index (χ0) is 35.8. The Labute approximate surface area is 321 Å². The lowest BCUT2D eigenvalue weighted by Crippen LogP contribution is -2.45. The van der Waals surface area contributed by atoms with Gasteiger partial charge in [0.1, 0.15) is 29.3 Å². The van der Waals surface area contributed by atoms with Crippen molar-refractivity contribution >= 4 is 80.9 Å². The van der Waals surface area contributed by atoms with Crippen molar-refractivity contribution in [1.29, 1.82) is 0 Å². The number of esters is 1. The highest BCUT2D eigenvalue weighted by molar-refractivity contribution is 8.93. The van der Waals surface area contributed by atoms with Gasteiger partial charge in [-0.1, -0.05) is 103 Å². The quantitative estimate of drug-likeness (QED) is 0.0232. The van der Waals surface area contributed by atoms with Gasteiger partial charge >= 0.3 is 5.97 Å². The molecule has 0 saturated carbocycles. The van der Waals surface area contributed by atoms with E-state index in [1.54, 1.807) is 0 Å². The van der Waals surface area contributed by atoms with Crippen molar-refractivity contribution in [3.05, 3.63) is 131 Å². The van der Waals surface area contributed by atoms with Crippen LogP contribution in [0.1, 0.15) is 63.0 Å². The minimum atomic E-state index is -1.83. The third kappa shape index (κ3) is 12.1. The fourth-order valence-corrected chi connectivity index (χ4v) is 10.8. The number of nitro benzene ring substituents is 1. The number of alkyl halides is 2. The van der Waals surface area contributed by atoms with Crippen molar-refractivity contribution in [2.45, 2.75) is 68.3 Å². The van der Waals surface area contributed by atoms with E-state index >= 15 is 0 Å². The largest absolute Gasteiger partial charge is 0.455 e. The summed E-state index contributed by atoms with van der Waals surface area (Å²) in [6.45, 7) is -0.577. The molecule has 272 valence electrons. The molecule has 2 N–H and O–H groups in total. The van der Waals surface area contributed by atoms with Gasteiger partial charge < -0.3 is 15.2 Å². The van der Waals surface area contributed by atoms with Gasteiger partial charge in [-0.05, 0) is 73.4 Å². The van der Waals surface area contributed by atoms with Gasteiger partial charge in [0.25, 0.3) is 11.6 Å². The Hall–Kier alpha value is -3.33. The molecule has 0 unspecified atom stereocenters. The van der Waals surface area contributed by atoms with E-state index in [2.05, 4.69) is 96.3 Å². The molecule has 12 heteroatoms. The predicted octanol–water partition coefficient (Wildman–Crippen LogP) is 8.15. The summed E-state index contributed by atoms with van der Waals surface area (Å²) >= 11 is 11.3. The van der Waals surface area contributed by atoms with Gasteiger partial charge in [-0.25, -0.2) is 0 Å². The van der Waals surface area contributed by atoms with Crippen LogP contribution in [0.2, 0.25) is 0 Å². The van der Waals surface area contributed by atoms with E-state index in [0.29, 0.717) is 12.0 Å². The number of amides is 1. The van der Waals surface area contributed by atoms with Crippen LogP contribution in [-0.4, -0.2) is 45.6 Å². The molecule has 8 nitrogen and oxygen atoms in total. The van der Waals surface area contributed by atoms with Crippen molar-refractivity contribution < 1.29 is 24.4 Å². The molecule has 4 aromatic carbocycles. The number of nitrogens with one attached hydrogen (secondary N) is 1. The molecule has 0 saturated heterocycles. The molecule has 0 aliphatic carbocycles. The molecule has 0 heterocycles. The second-order valence-corrected chi connectivity index (χ2v) is 16.8. The van der Waals surface area contributed by atoms with Crippen LogP contribution in [0.3, 0.4) is 0 Å². The van der Waals surface area contributed by atoms with Crippen LogP contribution < -0.4 is 21.2 Å². The van der Waals surface area contributed by atoms with E-state index in [0.717, 1.165) is 44.7 Å². The number of aliphatic hydroxyl groups is 1. The maximum Gasteiger partial charge on any atom is 0.306 e. The summed E-state index contributed by atoms with van der Waals surface area (Å²) in [6, 6.07) is 37.1. The van der Waals surface area contributed by atoms with Crippen LogP contribution in [0.5, 0.6) is 0 Å². The first-order valence-corrected chi connectivity index (χ1v) is 19.8. The first kappa shape index (κ1) is 42.1. The monoisotopic (exact) mass is 817 g/mol. The molecule has 0 spiro atoms. The average Bonchev–Trinajstić information content (AvgIpc) is 3.15. The lowest BCUT2D eigenvalue weighted by molar-refractivity contribution is -0.384. The zero-order valence-electron chi connectivity index (χ0n) is 28.3. The van der Waals surface area contributed by atoms with Gasteiger partial charge in [0.2, 0.25) is 0 Å². The molecule has 1 amide bonds. The summed E-state index contributed by atoms with van der Waals surface area (Å²) in [7, 11) is -1.83. The third-order valence-electron chi connectivity index (χ3n) is 8.74. The Morgan fingerprint density at radius 1 is 0.725 bits per heavy atom. The zero-order valence-corrected chi connectivity index (χ0v) is 32.4. The molecule has 0 radical (unpaired) electrons. The molecule has 4 rings (SSSR count). The van der Waals surface area contributed by atoms with Gasteiger partial charge in [-0.3, -0.25) is 19.7 Å². The summed E-state index contributed by atoms with van der Waals surface area (Å²) in [5.74, 6) is -1.26. The number of carbonyl (C=O) groups excluding carboxylic acids is 2. The molecule has 0 bridgehead atoms. The first-order chi connectivity index (χ1) is 24.3. The lowest BCUT2D eigenvalue weighted by atomic mass is 10.0. The van der Waals surface area contributed by atoms with Crippen LogP contribution in [-0.2, 0) is 14.3 Å². The maximum absolute atomic E-state index is 12.9. The van der Waals surface area contributed by atoms with Gasteiger partial charge in [0.05, 0.1) is 23.7 Å². The fourth-order valence-electron chi connectivity index (χ4n) is 6.22. The number of benzene rings is 4. The molecule has 0 aromatic heterocycles. The molecule has 2 atom stereocenters. The van der Waals surface area contributed by atoms with Gasteiger partial charge in [0.15, 0.2) is 4.84 Å². The molecule has 0 aliphatic heterocycles. The van der Waals surface area contributed by atoms with Crippen molar-refractivity contribution in [3.8, 4) is 0 Å². The number of hydrogen-bond acceptors (Lipinski definition) is 6. The van der Waals surface area contributed by atoms with Crippen LogP contribution in [0.15, 0.2) is 115 Å². The van der Waals surface area contributed by atoms with E-state index in [4.69, 9.17) is 27.9 Å². The predicted molar refractivity (Wildman–Crippen MR) is 214 cm³/mol. The average molecular weight is 820 g/mol. The number of hydrogen-bond donors (Lipinski definition) is 2. The second kappa shape index (κ2) is 21.9. The van der Waals surface area contributed by atoms with E-state index in [1.807, 2.05) is 0 Å². The van der Waals surface area contributed by atoms with Crippen molar-refractivity contribution in [1.82, 2.24) is 5.32 Å². The van der Waals surface area contributed by atoms with E-state index in [9.17, 15) is 24.8 Å². The molecule has 51 heavy (non-hydrogen) atoms. The highest BCUT2D eigenvalue weighted by Crippen LogP contribution is 2.56. The second-order valence-electron chi connectivity index (χ2n) is 12.1. The maximum atomic E-state index is 12.9. The first-order valence-electron chi connectivity index (χ1n) is 16.9. The number of nitro groups is 1.